The highest BCUT2D eigenvalue weighted by Crippen LogP contribution is 2.37. The molecule has 7 nitrogen and oxygen atoms in total. The first-order valence-corrected chi connectivity index (χ1v) is 10.8. The lowest BCUT2D eigenvalue weighted by atomic mass is 10.0. The van der Waals surface area contributed by atoms with E-state index in [-0.39, 0.29) is 5.69 Å². The van der Waals surface area contributed by atoms with E-state index in [1.165, 1.54) is 28.0 Å². The summed E-state index contributed by atoms with van der Waals surface area (Å²) in [5, 5.41) is 2.01. The second-order valence-corrected chi connectivity index (χ2v) is 8.17. The first-order valence-electron chi connectivity index (χ1n) is 8.69. The SMILES string of the molecule is COC(=O)c1c(SC)cc(-c2cccs2)cc1-c1cnc2c(n1)n(C)c(=O)n2C. The highest BCUT2D eigenvalue weighted by molar-refractivity contribution is 7.98. The average molecular weight is 427 g/mol. The molecule has 0 saturated carbocycles. The quantitative estimate of drug-likeness (QED) is 0.367. The lowest BCUT2D eigenvalue weighted by molar-refractivity contribution is 0.0597. The highest BCUT2D eigenvalue weighted by Gasteiger charge is 2.22. The number of ether oxygens (including phenoxy) is 1. The van der Waals surface area contributed by atoms with Crippen molar-refractivity contribution in [2.24, 2.45) is 14.1 Å². The summed E-state index contributed by atoms with van der Waals surface area (Å²) in [7, 11) is 4.67. The van der Waals surface area contributed by atoms with Gasteiger partial charge in [-0.15, -0.1) is 23.1 Å². The van der Waals surface area contributed by atoms with Crippen LogP contribution in [0.1, 0.15) is 10.4 Å². The first kappa shape index (κ1) is 19.4. The Kier molecular flexibility index (Phi) is 5.01. The minimum absolute atomic E-state index is 0.206. The van der Waals surface area contributed by atoms with Gasteiger partial charge in [0.25, 0.3) is 0 Å². The van der Waals surface area contributed by atoms with Gasteiger partial charge in [0, 0.05) is 29.4 Å². The molecule has 0 aliphatic heterocycles. The fraction of sp³-hybridized carbons (Fsp3) is 0.200. The summed E-state index contributed by atoms with van der Waals surface area (Å²) in [6.45, 7) is 0. The molecule has 3 heterocycles. The number of fused-ring (bicyclic) bond motifs is 1. The van der Waals surface area contributed by atoms with Crippen molar-refractivity contribution in [2.75, 3.05) is 13.4 Å². The molecule has 29 heavy (non-hydrogen) atoms. The van der Waals surface area contributed by atoms with Crippen LogP contribution in [-0.4, -0.2) is 38.4 Å². The number of thioether (sulfide) groups is 1. The number of carbonyl (C=O) groups excluding carboxylic acids is 1. The number of thiophene rings is 1. The van der Waals surface area contributed by atoms with Crippen LogP contribution in [0.25, 0.3) is 33.0 Å². The smallest absolute Gasteiger partial charge is 0.339 e. The van der Waals surface area contributed by atoms with Crippen molar-refractivity contribution in [3.05, 3.63) is 51.9 Å². The fourth-order valence-corrected chi connectivity index (χ4v) is 4.60. The maximum atomic E-state index is 12.6. The Bertz CT molecular complexity index is 1290. The van der Waals surface area contributed by atoms with Gasteiger partial charge in [0.1, 0.15) is 0 Å². The van der Waals surface area contributed by atoms with E-state index in [4.69, 9.17) is 4.74 Å². The van der Waals surface area contributed by atoms with Gasteiger partial charge in [-0.25, -0.2) is 19.6 Å². The predicted octanol–water partition coefficient (Wildman–Crippen LogP) is 3.57. The van der Waals surface area contributed by atoms with Crippen molar-refractivity contribution in [2.45, 2.75) is 4.90 Å². The van der Waals surface area contributed by atoms with Crippen molar-refractivity contribution in [3.8, 4) is 21.7 Å². The van der Waals surface area contributed by atoms with Crippen LogP contribution in [0.4, 0.5) is 0 Å². The summed E-state index contributed by atoms with van der Waals surface area (Å²) >= 11 is 3.09. The minimum Gasteiger partial charge on any atom is -0.465 e. The van der Waals surface area contributed by atoms with Gasteiger partial charge >= 0.3 is 11.7 Å². The summed E-state index contributed by atoms with van der Waals surface area (Å²) in [5.74, 6) is -0.439. The molecule has 4 rings (SSSR count). The number of rotatable bonds is 4. The zero-order valence-electron chi connectivity index (χ0n) is 16.3. The number of nitrogens with zero attached hydrogens (tertiary/aromatic N) is 4. The van der Waals surface area contributed by atoms with Crippen molar-refractivity contribution in [3.63, 3.8) is 0 Å². The van der Waals surface area contributed by atoms with E-state index in [1.54, 1.807) is 31.6 Å². The van der Waals surface area contributed by atoms with E-state index in [0.29, 0.717) is 28.1 Å². The maximum Gasteiger partial charge on any atom is 0.339 e. The largest absolute Gasteiger partial charge is 0.465 e. The molecular weight excluding hydrogens is 408 g/mol. The summed E-state index contributed by atoms with van der Waals surface area (Å²) < 4.78 is 7.94. The van der Waals surface area contributed by atoms with Crippen LogP contribution in [0.5, 0.6) is 0 Å². The number of methoxy groups -OCH3 is 1. The molecule has 0 N–H and O–H groups in total. The average Bonchev–Trinajstić information content (AvgIpc) is 3.36. The van der Waals surface area contributed by atoms with Gasteiger partial charge in [-0.3, -0.25) is 9.13 Å². The molecule has 1 aromatic carbocycles. The minimum atomic E-state index is -0.439. The van der Waals surface area contributed by atoms with Crippen LogP contribution >= 0.6 is 23.1 Å². The molecule has 0 bridgehead atoms. The Morgan fingerprint density at radius 1 is 1.21 bits per heavy atom. The molecule has 0 atom stereocenters. The van der Waals surface area contributed by atoms with Crippen LogP contribution in [0, 0.1) is 0 Å². The van der Waals surface area contributed by atoms with Gasteiger partial charge in [-0.2, -0.15) is 0 Å². The Morgan fingerprint density at radius 3 is 2.62 bits per heavy atom. The second kappa shape index (κ2) is 7.49. The molecule has 3 aromatic heterocycles. The van der Waals surface area contributed by atoms with Crippen LogP contribution in [0.15, 0.2) is 45.5 Å². The Labute approximate surface area is 175 Å². The van der Waals surface area contributed by atoms with Crippen LogP contribution in [0.3, 0.4) is 0 Å². The standard InChI is InChI=1S/C20H18N4O3S2/c1-23-17-18(24(2)20(23)26)22-13(10-21-17)12-8-11(14-6-5-7-29-14)9-15(28-4)16(12)19(25)27-3/h5-10H,1-4H3. The van der Waals surface area contributed by atoms with Gasteiger partial charge in [0.05, 0.1) is 24.6 Å². The molecule has 0 spiro atoms. The molecule has 0 fully saturated rings. The summed E-state index contributed by atoms with van der Waals surface area (Å²) in [5.41, 5.74) is 3.29. The number of aromatic nitrogens is 4. The Hall–Kier alpha value is -2.91. The van der Waals surface area contributed by atoms with E-state index < -0.39 is 5.97 Å². The molecular formula is C20H18N4O3S2. The van der Waals surface area contributed by atoms with E-state index in [1.807, 2.05) is 35.9 Å². The lowest BCUT2D eigenvalue weighted by Gasteiger charge is -2.14. The number of esters is 1. The van der Waals surface area contributed by atoms with Gasteiger partial charge < -0.3 is 4.74 Å². The number of hydrogen-bond donors (Lipinski definition) is 0. The van der Waals surface area contributed by atoms with E-state index in [9.17, 15) is 9.59 Å². The molecule has 148 valence electrons. The van der Waals surface area contributed by atoms with Gasteiger partial charge in [0.2, 0.25) is 0 Å². The third kappa shape index (κ3) is 3.16. The molecule has 0 amide bonds. The molecule has 0 saturated heterocycles. The molecule has 0 aliphatic carbocycles. The number of benzene rings is 1. The van der Waals surface area contributed by atoms with Gasteiger partial charge in [-0.1, -0.05) is 6.07 Å². The van der Waals surface area contributed by atoms with E-state index in [2.05, 4.69) is 9.97 Å². The highest BCUT2D eigenvalue weighted by atomic mass is 32.2. The number of aryl methyl sites for hydroxylation is 2. The van der Waals surface area contributed by atoms with Crippen molar-refractivity contribution in [1.29, 1.82) is 0 Å². The summed E-state index contributed by atoms with van der Waals surface area (Å²) in [4.78, 5) is 35.9. The number of imidazole rings is 1. The Morgan fingerprint density at radius 2 is 1.97 bits per heavy atom. The van der Waals surface area contributed by atoms with E-state index >= 15 is 0 Å². The Balaban J connectivity index is 2.04. The zero-order chi connectivity index (χ0) is 20.7. The summed E-state index contributed by atoms with van der Waals surface area (Å²) in [6, 6.07) is 7.92. The molecule has 9 heteroatoms. The van der Waals surface area contributed by atoms with E-state index in [0.717, 1.165) is 15.3 Å². The number of hydrogen-bond acceptors (Lipinski definition) is 7. The molecule has 0 aliphatic rings. The number of carbonyl (C=O) groups is 1. The van der Waals surface area contributed by atoms with Gasteiger partial charge in [0.15, 0.2) is 11.3 Å². The lowest BCUT2D eigenvalue weighted by Crippen LogP contribution is -2.19. The van der Waals surface area contributed by atoms with Crippen molar-refractivity contribution in [1.82, 2.24) is 19.1 Å². The summed E-state index contributed by atoms with van der Waals surface area (Å²) in [6.07, 6.45) is 3.51. The monoisotopic (exact) mass is 426 g/mol. The van der Waals surface area contributed by atoms with Crippen LogP contribution in [0.2, 0.25) is 0 Å². The molecule has 4 aromatic rings. The van der Waals surface area contributed by atoms with Crippen molar-refractivity contribution < 1.29 is 9.53 Å². The molecule has 0 radical (unpaired) electrons. The maximum absolute atomic E-state index is 12.6. The normalized spacial score (nSPS) is 11.2. The second-order valence-electron chi connectivity index (χ2n) is 6.37. The van der Waals surface area contributed by atoms with Crippen LogP contribution < -0.4 is 5.69 Å². The predicted molar refractivity (Wildman–Crippen MR) is 116 cm³/mol. The topological polar surface area (TPSA) is 79.0 Å². The third-order valence-electron chi connectivity index (χ3n) is 4.74. The van der Waals surface area contributed by atoms with Crippen molar-refractivity contribution >= 4 is 40.4 Å². The van der Waals surface area contributed by atoms with Gasteiger partial charge in [-0.05, 0) is 35.4 Å². The zero-order valence-corrected chi connectivity index (χ0v) is 17.9. The molecule has 0 unspecified atom stereocenters. The first-order chi connectivity index (χ1) is 14.0. The third-order valence-corrected chi connectivity index (χ3v) is 6.42. The fourth-order valence-electron chi connectivity index (χ4n) is 3.25. The van der Waals surface area contributed by atoms with Crippen LogP contribution in [-0.2, 0) is 18.8 Å².